The number of thiophene rings is 1. The Labute approximate surface area is 191 Å². The second kappa shape index (κ2) is 10.9. The van der Waals surface area contributed by atoms with Crippen molar-refractivity contribution < 1.29 is 23.9 Å². The first-order valence-electron chi connectivity index (χ1n) is 10.5. The molecule has 1 atom stereocenters. The molecule has 3 rings (SSSR count). The molecule has 1 aliphatic heterocycles. The third kappa shape index (κ3) is 5.94. The Balaban J connectivity index is 1.54. The van der Waals surface area contributed by atoms with Gasteiger partial charge < -0.3 is 19.9 Å². The monoisotopic (exact) mass is 457 g/mol. The van der Waals surface area contributed by atoms with Crippen molar-refractivity contribution in [2.24, 2.45) is 5.92 Å². The van der Waals surface area contributed by atoms with Gasteiger partial charge in [0, 0.05) is 31.4 Å². The summed E-state index contributed by atoms with van der Waals surface area (Å²) >= 11 is 1.35. The molecule has 1 N–H and O–H groups in total. The molecule has 0 saturated carbocycles. The van der Waals surface area contributed by atoms with Crippen LogP contribution in [-0.2, 0) is 14.3 Å². The van der Waals surface area contributed by atoms with E-state index in [2.05, 4.69) is 5.32 Å². The lowest BCUT2D eigenvalue weighted by atomic mass is 9.98. The van der Waals surface area contributed by atoms with Crippen LogP contribution in [0.1, 0.15) is 39.8 Å². The maximum Gasteiger partial charge on any atom is 0.310 e. The first-order valence-corrected chi connectivity index (χ1v) is 11.4. The first-order chi connectivity index (χ1) is 15.4. The molecule has 0 radical (unpaired) electrons. The predicted molar refractivity (Wildman–Crippen MR) is 122 cm³/mol. The molecule has 1 aromatic carbocycles. The Morgan fingerprint density at radius 3 is 2.59 bits per heavy atom. The number of benzene rings is 1. The first kappa shape index (κ1) is 23.5. The number of anilines is 1. The summed E-state index contributed by atoms with van der Waals surface area (Å²) in [5.74, 6) is -1.29. The fourth-order valence-electron chi connectivity index (χ4n) is 3.55. The summed E-state index contributed by atoms with van der Waals surface area (Å²) in [6, 6.07) is 10.1. The van der Waals surface area contributed by atoms with E-state index in [9.17, 15) is 19.2 Å². The number of ether oxygens (including phenoxy) is 1. The largest absolute Gasteiger partial charge is 0.466 e. The summed E-state index contributed by atoms with van der Waals surface area (Å²) in [5.41, 5.74) is 0.995. The highest BCUT2D eigenvalue weighted by Gasteiger charge is 2.30. The van der Waals surface area contributed by atoms with Crippen LogP contribution in [0.3, 0.4) is 0 Å². The maximum atomic E-state index is 12.7. The SMILES string of the molecule is CCOC(=O)C1CCCN(C(=O)CN(C)C(=O)c2ccc(NC(=O)c3cccs3)cc2)C1. The smallest absolute Gasteiger partial charge is 0.310 e. The lowest BCUT2D eigenvalue weighted by Gasteiger charge is -2.32. The number of hydrogen-bond acceptors (Lipinski definition) is 6. The van der Waals surface area contributed by atoms with Gasteiger partial charge in [-0.2, -0.15) is 0 Å². The van der Waals surface area contributed by atoms with Gasteiger partial charge in [0.1, 0.15) is 0 Å². The molecular formula is C23H27N3O5S. The van der Waals surface area contributed by atoms with Crippen molar-refractivity contribution in [2.45, 2.75) is 19.8 Å². The molecule has 2 heterocycles. The van der Waals surface area contributed by atoms with Gasteiger partial charge in [-0.1, -0.05) is 6.07 Å². The molecule has 0 bridgehead atoms. The zero-order chi connectivity index (χ0) is 23.1. The average Bonchev–Trinajstić information content (AvgIpc) is 3.34. The molecule has 1 saturated heterocycles. The van der Waals surface area contributed by atoms with Crippen molar-refractivity contribution in [3.8, 4) is 0 Å². The summed E-state index contributed by atoms with van der Waals surface area (Å²) < 4.78 is 5.07. The van der Waals surface area contributed by atoms with Crippen LogP contribution in [-0.4, -0.2) is 66.8 Å². The number of esters is 1. The second-order valence-corrected chi connectivity index (χ2v) is 8.55. The number of hydrogen-bond donors (Lipinski definition) is 1. The summed E-state index contributed by atoms with van der Waals surface area (Å²) in [5, 5.41) is 4.61. The van der Waals surface area contributed by atoms with Gasteiger partial charge in [0.05, 0.1) is 23.9 Å². The lowest BCUT2D eigenvalue weighted by molar-refractivity contribution is -0.151. The summed E-state index contributed by atoms with van der Waals surface area (Å²) in [6.07, 6.45) is 1.43. The number of amides is 3. The Morgan fingerprint density at radius 2 is 1.94 bits per heavy atom. The normalized spacial score (nSPS) is 15.7. The van der Waals surface area contributed by atoms with E-state index in [1.807, 2.05) is 5.38 Å². The molecule has 3 amide bonds. The molecular weight excluding hydrogens is 430 g/mol. The highest BCUT2D eigenvalue weighted by Crippen LogP contribution is 2.19. The third-order valence-electron chi connectivity index (χ3n) is 5.25. The van der Waals surface area contributed by atoms with Crippen molar-refractivity contribution in [1.82, 2.24) is 9.80 Å². The molecule has 1 aliphatic rings. The van der Waals surface area contributed by atoms with E-state index < -0.39 is 0 Å². The molecule has 8 nitrogen and oxygen atoms in total. The van der Waals surface area contributed by atoms with Gasteiger partial charge in [-0.15, -0.1) is 11.3 Å². The van der Waals surface area contributed by atoms with Crippen LogP contribution in [0, 0.1) is 5.92 Å². The molecule has 1 aromatic heterocycles. The minimum absolute atomic E-state index is 0.0781. The topological polar surface area (TPSA) is 96.0 Å². The van der Waals surface area contributed by atoms with Gasteiger partial charge in [-0.25, -0.2) is 0 Å². The average molecular weight is 458 g/mol. The lowest BCUT2D eigenvalue weighted by Crippen LogP contribution is -2.47. The Morgan fingerprint density at radius 1 is 1.19 bits per heavy atom. The van der Waals surface area contributed by atoms with Gasteiger partial charge in [0.25, 0.3) is 11.8 Å². The van der Waals surface area contributed by atoms with Crippen LogP contribution in [0.25, 0.3) is 0 Å². The maximum absolute atomic E-state index is 12.7. The van der Waals surface area contributed by atoms with E-state index in [4.69, 9.17) is 4.74 Å². The molecule has 0 spiro atoms. The summed E-state index contributed by atoms with van der Waals surface area (Å²) in [6.45, 7) is 2.88. The van der Waals surface area contributed by atoms with Crippen molar-refractivity contribution >= 4 is 40.7 Å². The molecule has 170 valence electrons. The minimum Gasteiger partial charge on any atom is -0.466 e. The zero-order valence-corrected chi connectivity index (χ0v) is 19.0. The highest BCUT2D eigenvalue weighted by molar-refractivity contribution is 7.12. The van der Waals surface area contributed by atoms with Crippen LogP contribution in [0.2, 0.25) is 0 Å². The van der Waals surface area contributed by atoms with E-state index in [1.54, 1.807) is 55.3 Å². The van der Waals surface area contributed by atoms with Gasteiger partial charge >= 0.3 is 5.97 Å². The zero-order valence-electron chi connectivity index (χ0n) is 18.2. The fourth-order valence-corrected chi connectivity index (χ4v) is 4.17. The van der Waals surface area contributed by atoms with Crippen molar-refractivity contribution in [1.29, 1.82) is 0 Å². The molecule has 1 unspecified atom stereocenters. The number of likely N-dealkylation sites (tertiary alicyclic amines) is 1. The number of nitrogens with one attached hydrogen (secondary N) is 1. The predicted octanol–water partition coefficient (Wildman–Crippen LogP) is 2.87. The fraction of sp³-hybridized carbons (Fsp3) is 0.391. The number of nitrogens with zero attached hydrogens (tertiary/aromatic N) is 2. The Hall–Kier alpha value is -3.20. The minimum atomic E-state index is -0.314. The number of likely N-dealkylation sites (N-methyl/N-ethyl adjacent to an activating group) is 1. The van der Waals surface area contributed by atoms with E-state index in [0.717, 1.165) is 6.42 Å². The Kier molecular flexibility index (Phi) is 7.99. The molecule has 2 aromatic rings. The van der Waals surface area contributed by atoms with Crippen LogP contribution in [0.5, 0.6) is 0 Å². The van der Waals surface area contributed by atoms with Gasteiger partial charge in [-0.3, -0.25) is 19.2 Å². The van der Waals surface area contributed by atoms with Crippen LogP contribution in [0.15, 0.2) is 41.8 Å². The van der Waals surface area contributed by atoms with E-state index in [-0.39, 0.29) is 36.2 Å². The van der Waals surface area contributed by atoms with Crippen LogP contribution in [0.4, 0.5) is 5.69 Å². The van der Waals surface area contributed by atoms with E-state index >= 15 is 0 Å². The summed E-state index contributed by atoms with van der Waals surface area (Å²) in [7, 11) is 1.57. The molecule has 0 aliphatic carbocycles. The Bertz CT molecular complexity index is 959. The molecule has 1 fully saturated rings. The van der Waals surface area contributed by atoms with Crippen LogP contribution < -0.4 is 5.32 Å². The van der Waals surface area contributed by atoms with Crippen molar-refractivity contribution in [3.63, 3.8) is 0 Å². The van der Waals surface area contributed by atoms with E-state index in [0.29, 0.717) is 42.2 Å². The standard InChI is InChI=1S/C23H27N3O5S/c1-3-31-23(30)17-6-4-12-26(14-17)20(27)15-25(2)22(29)16-8-10-18(11-9-16)24-21(28)19-7-5-13-32-19/h5,7-11,13,17H,3-4,6,12,14-15H2,1-2H3,(H,24,28). The second-order valence-electron chi connectivity index (χ2n) is 7.60. The number of carbonyl (C=O) groups excluding carboxylic acids is 4. The van der Waals surface area contributed by atoms with Gasteiger partial charge in [0.15, 0.2) is 0 Å². The van der Waals surface area contributed by atoms with Gasteiger partial charge in [0.2, 0.25) is 5.91 Å². The quantitative estimate of drug-likeness (QED) is 0.645. The molecule has 32 heavy (non-hydrogen) atoms. The number of carbonyl (C=O) groups is 4. The van der Waals surface area contributed by atoms with Crippen LogP contribution >= 0.6 is 11.3 Å². The number of piperidine rings is 1. The van der Waals surface area contributed by atoms with Crippen molar-refractivity contribution in [2.75, 3.05) is 38.6 Å². The van der Waals surface area contributed by atoms with Gasteiger partial charge in [-0.05, 0) is 55.5 Å². The molecule has 9 heteroatoms. The van der Waals surface area contributed by atoms with Crippen molar-refractivity contribution in [3.05, 3.63) is 52.2 Å². The van der Waals surface area contributed by atoms with E-state index in [1.165, 1.54) is 16.2 Å². The third-order valence-corrected chi connectivity index (χ3v) is 6.12. The number of rotatable bonds is 7. The summed E-state index contributed by atoms with van der Waals surface area (Å²) in [4.78, 5) is 53.1. The highest BCUT2D eigenvalue weighted by atomic mass is 32.1.